The minimum Gasteiger partial charge on any atom is -0.497 e. The molecule has 1 aliphatic heterocycles. The predicted molar refractivity (Wildman–Crippen MR) is 231 cm³/mol. The zero-order valence-electron chi connectivity index (χ0n) is 34.6. The van der Waals surface area contributed by atoms with Crippen LogP contribution in [0.2, 0.25) is 5.02 Å². The Morgan fingerprint density at radius 1 is 0.902 bits per heavy atom. The van der Waals surface area contributed by atoms with Crippen molar-refractivity contribution < 1.29 is 41.1 Å². The molecule has 1 aliphatic rings. The lowest BCUT2D eigenvalue weighted by Crippen LogP contribution is -2.37. The molecule has 0 saturated heterocycles. The number of halogens is 1. The van der Waals surface area contributed by atoms with Crippen molar-refractivity contribution in [2.75, 3.05) is 27.4 Å². The molecule has 0 amide bonds. The Bertz CT molecular complexity index is 2570. The van der Waals surface area contributed by atoms with E-state index in [1.165, 1.54) is 11.4 Å². The minimum atomic E-state index is -4.21. The average Bonchev–Trinajstić information content (AvgIpc) is 3.68. The summed E-state index contributed by atoms with van der Waals surface area (Å²) in [6, 6.07) is 30.2. The first-order chi connectivity index (χ1) is 29.6. The van der Waals surface area contributed by atoms with Crippen LogP contribution < -0.4 is 18.4 Å². The van der Waals surface area contributed by atoms with E-state index in [4.69, 9.17) is 39.5 Å². The van der Waals surface area contributed by atoms with Gasteiger partial charge in [-0.3, -0.25) is 4.79 Å². The molecular formula is C46H49ClN4O9S. The van der Waals surface area contributed by atoms with Gasteiger partial charge < -0.3 is 27.9 Å². The quantitative estimate of drug-likeness (QED) is 0.0570. The number of esters is 1. The van der Waals surface area contributed by atoms with Crippen molar-refractivity contribution in [2.24, 2.45) is 0 Å². The van der Waals surface area contributed by atoms with Gasteiger partial charge in [0.25, 0.3) is 0 Å². The summed E-state index contributed by atoms with van der Waals surface area (Å²) in [6.07, 6.45) is 1.69. The number of carbonyl (C=O) groups excluding carboxylic acids is 1. The van der Waals surface area contributed by atoms with Crippen molar-refractivity contribution in [3.8, 4) is 23.0 Å². The second-order valence-electron chi connectivity index (χ2n) is 14.7. The van der Waals surface area contributed by atoms with Gasteiger partial charge in [0.15, 0.2) is 0 Å². The van der Waals surface area contributed by atoms with E-state index in [2.05, 4.69) is 10.3 Å². The summed E-state index contributed by atoms with van der Waals surface area (Å²) in [7, 11) is -1.08. The standard InChI is InChI=1S/C46H49ClN4O9S/c1-5-58-44(52)26-40(39-18-19-41-46(31(39)2)48-49-51(41)21-9-10-22-57-29-33-13-15-37(55-3)16-14-33)34-23-36(45(47)43(25-34)56-4)28-50-27-35-24-38(17-20-42(35)60-61(50,53)54)59-30-32-11-7-6-8-12-32/h6-8,11-20,23-25,40H,5,9-10,21-22,26-30H2,1-4H3. The number of rotatable bonds is 19. The normalized spacial score (nSPS) is 13.9. The van der Waals surface area contributed by atoms with E-state index in [9.17, 15) is 13.2 Å². The highest BCUT2D eigenvalue weighted by Crippen LogP contribution is 2.41. The van der Waals surface area contributed by atoms with Gasteiger partial charge in [-0.15, -0.1) is 5.10 Å². The first-order valence-corrected chi connectivity index (χ1v) is 21.9. The van der Waals surface area contributed by atoms with Crippen molar-refractivity contribution in [2.45, 2.75) is 71.9 Å². The van der Waals surface area contributed by atoms with Gasteiger partial charge in [-0.1, -0.05) is 71.4 Å². The monoisotopic (exact) mass is 868 g/mol. The van der Waals surface area contributed by atoms with Crippen molar-refractivity contribution >= 4 is 38.9 Å². The van der Waals surface area contributed by atoms with Gasteiger partial charge in [-0.25, -0.2) is 4.68 Å². The number of ether oxygens (including phenoxy) is 5. The number of benzene rings is 5. The van der Waals surface area contributed by atoms with Crippen LogP contribution in [0.1, 0.15) is 71.0 Å². The van der Waals surface area contributed by atoms with Crippen LogP contribution in [0.4, 0.5) is 0 Å². The fourth-order valence-corrected chi connectivity index (χ4v) is 8.73. The Hall–Kier alpha value is -5.67. The number of fused-ring (bicyclic) bond motifs is 2. The second kappa shape index (κ2) is 19.8. The number of aryl methyl sites for hydroxylation is 2. The Kier molecular flexibility index (Phi) is 14.1. The first-order valence-electron chi connectivity index (χ1n) is 20.1. The van der Waals surface area contributed by atoms with Crippen LogP contribution in [0.25, 0.3) is 11.0 Å². The molecule has 1 unspecified atom stereocenters. The molecule has 320 valence electrons. The van der Waals surface area contributed by atoms with E-state index in [1.54, 1.807) is 38.3 Å². The summed E-state index contributed by atoms with van der Waals surface area (Å²) in [5.41, 5.74) is 7.14. The van der Waals surface area contributed by atoms with Gasteiger partial charge in [0.2, 0.25) is 0 Å². The molecule has 61 heavy (non-hydrogen) atoms. The third kappa shape index (κ3) is 10.4. The summed E-state index contributed by atoms with van der Waals surface area (Å²) in [5.74, 6) is 1.02. The van der Waals surface area contributed by atoms with Crippen LogP contribution in [-0.4, -0.2) is 61.1 Å². The molecular weight excluding hydrogens is 820 g/mol. The van der Waals surface area contributed by atoms with Crippen LogP contribution in [0.3, 0.4) is 0 Å². The van der Waals surface area contributed by atoms with Crippen molar-refractivity contribution in [1.29, 1.82) is 0 Å². The first kappa shape index (κ1) is 43.4. The highest BCUT2D eigenvalue weighted by atomic mass is 35.5. The number of methoxy groups -OCH3 is 2. The number of carbonyl (C=O) groups is 1. The maximum atomic E-state index is 13.5. The summed E-state index contributed by atoms with van der Waals surface area (Å²) in [5, 5.41) is 9.28. The van der Waals surface area contributed by atoms with E-state index in [0.717, 1.165) is 46.4 Å². The average molecular weight is 869 g/mol. The summed E-state index contributed by atoms with van der Waals surface area (Å²) in [4.78, 5) is 13.2. The molecule has 2 heterocycles. The topological polar surface area (TPSA) is 141 Å². The number of unbranched alkanes of at least 4 members (excludes halogenated alkanes) is 1. The number of hydrogen-bond donors (Lipinski definition) is 0. The third-order valence-electron chi connectivity index (χ3n) is 10.6. The van der Waals surface area contributed by atoms with Gasteiger partial charge in [-0.2, -0.15) is 12.7 Å². The van der Waals surface area contributed by atoms with Crippen LogP contribution >= 0.6 is 11.6 Å². The minimum absolute atomic E-state index is 0.000661. The SMILES string of the molecule is CCOC(=O)CC(c1cc(CN2Cc3cc(OCc4ccccc4)ccc3OS2(=O)=O)c(Cl)c(OC)c1)c1ccc2c(nnn2CCCCOCc2ccc(OC)cc2)c1C. The Morgan fingerprint density at radius 2 is 1.67 bits per heavy atom. The van der Waals surface area contributed by atoms with E-state index < -0.39 is 22.2 Å². The molecule has 0 aliphatic carbocycles. The summed E-state index contributed by atoms with van der Waals surface area (Å²) >= 11 is 6.91. The van der Waals surface area contributed by atoms with Crippen molar-refractivity contribution in [3.63, 3.8) is 0 Å². The van der Waals surface area contributed by atoms with Gasteiger partial charge in [0, 0.05) is 37.7 Å². The van der Waals surface area contributed by atoms with Crippen molar-refractivity contribution in [3.05, 3.63) is 141 Å². The summed E-state index contributed by atoms with van der Waals surface area (Å²) in [6.45, 7) is 5.96. The highest BCUT2D eigenvalue weighted by Gasteiger charge is 2.33. The number of hydrogen-bond acceptors (Lipinski definition) is 11. The molecule has 6 aromatic rings. The van der Waals surface area contributed by atoms with Crippen LogP contribution in [0.5, 0.6) is 23.0 Å². The van der Waals surface area contributed by atoms with Crippen LogP contribution in [0.15, 0.2) is 97.1 Å². The van der Waals surface area contributed by atoms with E-state index in [0.29, 0.717) is 60.1 Å². The lowest BCUT2D eigenvalue weighted by atomic mass is 9.84. The Balaban J connectivity index is 1.10. The molecule has 0 spiro atoms. The largest absolute Gasteiger partial charge is 0.497 e. The molecule has 5 aromatic carbocycles. The molecule has 1 aromatic heterocycles. The van der Waals surface area contributed by atoms with Gasteiger partial charge in [0.05, 0.1) is 44.4 Å². The molecule has 0 fully saturated rings. The van der Waals surface area contributed by atoms with Crippen molar-refractivity contribution in [1.82, 2.24) is 19.3 Å². The zero-order valence-corrected chi connectivity index (χ0v) is 36.2. The fraction of sp³-hybridized carbons (Fsp3) is 0.326. The predicted octanol–water partition coefficient (Wildman–Crippen LogP) is 8.71. The van der Waals surface area contributed by atoms with Gasteiger partial charge in [0.1, 0.15) is 35.1 Å². The molecule has 0 N–H and O–H groups in total. The maximum Gasteiger partial charge on any atom is 0.385 e. The fourth-order valence-electron chi connectivity index (χ4n) is 7.39. The smallest absolute Gasteiger partial charge is 0.385 e. The van der Waals surface area contributed by atoms with E-state index in [1.807, 2.05) is 84.4 Å². The van der Waals surface area contributed by atoms with Gasteiger partial charge in [-0.05, 0) is 103 Å². The number of aromatic nitrogens is 3. The lowest BCUT2D eigenvalue weighted by Gasteiger charge is -2.29. The zero-order chi connectivity index (χ0) is 42.9. The highest BCUT2D eigenvalue weighted by molar-refractivity contribution is 7.84. The molecule has 1 atom stereocenters. The number of nitrogens with zero attached hydrogens (tertiary/aromatic N) is 4. The Labute approximate surface area is 361 Å². The molecule has 7 rings (SSSR count). The molecule has 13 nitrogen and oxygen atoms in total. The van der Waals surface area contributed by atoms with Gasteiger partial charge >= 0.3 is 16.3 Å². The third-order valence-corrected chi connectivity index (χ3v) is 12.3. The van der Waals surface area contributed by atoms with Crippen LogP contribution in [-0.2, 0) is 57.4 Å². The Morgan fingerprint density at radius 3 is 2.43 bits per heavy atom. The lowest BCUT2D eigenvalue weighted by molar-refractivity contribution is -0.143. The van der Waals surface area contributed by atoms with Crippen LogP contribution in [0, 0.1) is 6.92 Å². The second-order valence-corrected chi connectivity index (χ2v) is 16.6. The summed E-state index contributed by atoms with van der Waals surface area (Å²) < 4.78 is 64.0. The van der Waals surface area contributed by atoms with E-state index in [-0.39, 0.29) is 36.9 Å². The molecule has 0 radical (unpaired) electrons. The maximum absolute atomic E-state index is 13.5. The molecule has 0 saturated carbocycles. The molecule has 0 bridgehead atoms. The van der Waals surface area contributed by atoms with E-state index >= 15 is 0 Å². The molecule has 15 heteroatoms.